The van der Waals surface area contributed by atoms with Crippen LogP contribution in [-0.4, -0.2) is 46.5 Å². The highest BCUT2D eigenvalue weighted by molar-refractivity contribution is 5.89. The summed E-state index contributed by atoms with van der Waals surface area (Å²) < 4.78 is 17.8. The van der Waals surface area contributed by atoms with Crippen molar-refractivity contribution in [2.75, 3.05) is 13.2 Å². The molecule has 0 radical (unpaired) electrons. The first-order valence-electron chi connectivity index (χ1n) is 7.76. The minimum absolute atomic E-state index is 0. The molecule has 0 unspecified atom stereocenters. The van der Waals surface area contributed by atoms with E-state index in [0.29, 0.717) is 5.56 Å². The number of carboxylic acid groups (broad SMARTS) is 1. The van der Waals surface area contributed by atoms with Crippen LogP contribution in [0.2, 0.25) is 0 Å². The van der Waals surface area contributed by atoms with Crippen molar-refractivity contribution in [2.24, 2.45) is 0 Å². The molecule has 7 nitrogen and oxygen atoms in total. The molecule has 0 amide bonds. The van der Waals surface area contributed by atoms with Crippen molar-refractivity contribution in [1.29, 1.82) is 0 Å². The van der Waals surface area contributed by atoms with Crippen LogP contribution in [0.25, 0.3) is 0 Å². The Hall–Kier alpha value is -2.84. The van der Waals surface area contributed by atoms with E-state index in [9.17, 15) is 29.3 Å². The molecule has 4 N–H and O–H groups in total. The number of hydrogen-bond donors (Lipinski definition) is 4. The number of rotatable bonds is 8. The van der Waals surface area contributed by atoms with Crippen LogP contribution in [0.4, 0.5) is 4.39 Å². The number of aromatic hydroxyl groups is 2. The summed E-state index contributed by atoms with van der Waals surface area (Å²) in [5, 5.41) is 30.7. The fourth-order valence-corrected chi connectivity index (χ4v) is 2.22. The van der Waals surface area contributed by atoms with Gasteiger partial charge in [0.15, 0.2) is 11.5 Å². The van der Waals surface area contributed by atoms with E-state index in [0.717, 1.165) is 12.1 Å². The molecule has 0 spiro atoms. The van der Waals surface area contributed by atoms with Crippen molar-refractivity contribution in [3.8, 4) is 11.5 Å². The van der Waals surface area contributed by atoms with Gasteiger partial charge < -0.3 is 25.4 Å². The number of nitrogens with one attached hydrogen (secondary N) is 1. The number of hydrogen-bond acceptors (Lipinski definition) is 6. The smallest absolute Gasteiger partial charge is 0.338 e. The second-order valence-electron chi connectivity index (χ2n) is 5.51. The van der Waals surface area contributed by atoms with Crippen LogP contribution in [0.1, 0.15) is 15.9 Å². The van der Waals surface area contributed by atoms with Crippen LogP contribution in [0, 0.1) is 5.82 Å². The second-order valence-corrected chi connectivity index (χ2v) is 5.51. The number of aliphatic carboxylic acids is 1. The quantitative estimate of drug-likeness (QED) is 0.305. The molecule has 0 aliphatic heterocycles. The minimum Gasteiger partial charge on any atom is -0.504 e. The number of esters is 1. The van der Waals surface area contributed by atoms with Crippen molar-refractivity contribution in [3.63, 3.8) is 0 Å². The monoisotopic (exact) mass is 399 g/mol. The molecule has 0 aliphatic rings. The first-order valence-corrected chi connectivity index (χ1v) is 7.76. The van der Waals surface area contributed by atoms with Gasteiger partial charge >= 0.3 is 11.9 Å². The van der Waals surface area contributed by atoms with E-state index in [1.807, 2.05) is 0 Å². The van der Waals surface area contributed by atoms with Gasteiger partial charge in [0.05, 0.1) is 5.56 Å². The summed E-state index contributed by atoms with van der Waals surface area (Å²) >= 11 is 0. The molecule has 9 heteroatoms. The molecule has 2 rings (SSSR count). The summed E-state index contributed by atoms with van der Waals surface area (Å²) in [4.78, 5) is 23.1. The van der Waals surface area contributed by atoms with Crippen LogP contribution in [0.15, 0.2) is 42.5 Å². The highest BCUT2D eigenvalue weighted by Crippen LogP contribution is 2.25. The van der Waals surface area contributed by atoms with Crippen LogP contribution < -0.4 is 5.32 Å². The molecule has 2 aromatic rings. The summed E-state index contributed by atoms with van der Waals surface area (Å²) in [5.74, 6) is -2.83. The number of carbonyl (C=O) groups is 2. The zero-order chi connectivity index (χ0) is 19.1. The third-order valence-electron chi connectivity index (χ3n) is 3.58. The fraction of sp³-hybridized carbons (Fsp3) is 0.222. The molecule has 0 heterocycles. The lowest BCUT2D eigenvalue weighted by Gasteiger charge is -2.15. The van der Waals surface area contributed by atoms with Gasteiger partial charge in [-0.15, -0.1) is 12.4 Å². The molecule has 1 atom stereocenters. The molecule has 0 fully saturated rings. The average Bonchev–Trinajstić information content (AvgIpc) is 2.60. The topological polar surface area (TPSA) is 116 Å². The summed E-state index contributed by atoms with van der Waals surface area (Å²) in [6.45, 7) is 0.0226. The van der Waals surface area contributed by atoms with Gasteiger partial charge in [-0.05, 0) is 48.4 Å². The number of ether oxygens (including phenoxy) is 1. The van der Waals surface area contributed by atoms with Crippen molar-refractivity contribution in [3.05, 3.63) is 59.4 Å². The largest absolute Gasteiger partial charge is 0.504 e. The molecule has 27 heavy (non-hydrogen) atoms. The Morgan fingerprint density at radius 2 is 1.74 bits per heavy atom. The number of halogens is 2. The number of carboxylic acids is 1. The highest BCUT2D eigenvalue weighted by Gasteiger charge is 2.18. The molecular weight excluding hydrogens is 381 g/mol. The van der Waals surface area contributed by atoms with Gasteiger partial charge in [-0.25, -0.2) is 9.18 Å². The Bertz CT molecular complexity index is 784. The Kier molecular flexibility index (Phi) is 8.50. The van der Waals surface area contributed by atoms with Crippen molar-refractivity contribution >= 4 is 24.3 Å². The van der Waals surface area contributed by atoms with Gasteiger partial charge in [0, 0.05) is 6.54 Å². The lowest BCUT2D eigenvalue weighted by molar-refractivity contribution is -0.139. The molecule has 0 saturated heterocycles. The van der Waals surface area contributed by atoms with E-state index >= 15 is 0 Å². The number of carbonyl (C=O) groups excluding carboxylic acids is 1. The van der Waals surface area contributed by atoms with E-state index in [-0.39, 0.29) is 49.0 Å². The predicted molar refractivity (Wildman–Crippen MR) is 96.8 cm³/mol. The predicted octanol–water partition coefficient (Wildman–Crippen LogP) is 2.10. The van der Waals surface area contributed by atoms with Gasteiger partial charge in [-0.1, -0.05) is 6.07 Å². The van der Waals surface area contributed by atoms with Crippen molar-refractivity contribution in [1.82, 2.24) is 5.32 Å². The van der Waals surface area contributed by atoms with E-state index < -0.39 is 23.8 Å². The van der Waals surface area contributed by atoms with Crippen molar-refractivity contribution in [2.45, 2.75) is 12.5 Å². The van der Waals surface area contributed by atoms with Crippen LogP contribution >= 0.6 is 12.4 Å². The highest BCUT2D eigenvalue weighted by atomic mass is 35.5. The maximum atomic E-state index is 12.8. The Morgan fingerprint density at radius 1 is 1.07 bits per heavy atom. The van der Waals surface area contributed by atoms with Gasteiger partial charge in [-0.3, -0.25) is 4.79 Å². The molecule has 0 aliphatic carbocycles. The zero-order valence-corrected chi connectivity index (χ0v) is 14.9. The molecule has 2 aromatic carbocycles. The zero-order valence-electron chi connectivity index (χ0n) is 14.1. The van der Waals surface area contributed by atoms with E-state index in [1.165, 1.54) is 30.3 Å². The van der Waals surface area contributed by atoms with E-state index in [2.05, 4.69) is 5.32 Å². The lowest BCUT2D eigenvalue weighted by Crippen LogP contribution is -2.40. The third kappa shape index (κ3) is 6.76. The Morgan fingerprint density at radius 3 is 2.33 bits per heavy atom. The normalized spacial score (nSPS) is 11.3. The van der Waals surface area contributed by atoms with Crippen LogP contribution in [-0.2, 0) is 16.0 Å². The Labute approximate surface area is 160 Å². The maximum Gasteiger partial charge on any atom is 0.338 e. The first-order chi connectivity index (χ1) is 12.4. The summed E-state index contributed by atoms with van der Waals surface area (Å²) in [5.41, 5.74) is 0.712. The molecule has 146 valence electrons. The van der Waals surface area contributed by atoms with E-state index in [4.69, 9.17) is 4.74 Å². The van der Waals surface area contributed by atoms with Gasteiger partial charge in [0.1, 0.15) is 18.5 Å². The standard InChI is InChI=1S/C18H18FNO6.ClH/c19-13-4-2-12(3-5-13)18(25)26-8-7-20-14(17(23)24)9-11-1-6-15(21)16(22)10-11;/h1-6,10,14,20-22H,7-9H2,(H,23,24);1H/t14-;/m0./s1. The number of benzene rings is 2. The van der Waals surface area contributed by atoms with Gasteiger partial charge in [0.2, 0.25) is 0 Å². The second kappa shape index (κ2) is 10.3. The molecule has 0 bridgehead atoms. The molecule has 0 saturated carbocycles. The van der Waals surface area contributed by atoms with E-state index in [1.54, 1.807) is 0 Å². The summed E-state index contributed by atoms with van der Waals surface area (Å²) in [6, 6.07) is 7.95. The lowest BCUT2D eigenvalue weighted by atomic mass is 10.1. The minimum atomic E-state index is -1.11. The van der Waals surface area contributed by atoms with Crippen molar-refractivity contribution < 1.29 is 34.0 Å². The summed E-state index contributed by atoms with van der Waals surface area (Å²) in [6.07, 6.45) is 0.0646. The van der Waals surface area contributed by atoms with Crippen LogP contribution in [0.5, 0.6) is 11.5 Å². The SMILES string of the molecule is Cl.O=C(OCCN[C@@H](Cc1ccc(O)c(O)c1)C(=O)O)c1ccc(F)cc1. The average molecular weight is 400 g/mol. The first kappa shape index (κ1) is 22.2. The fourth-order valence-electron chi connectivity index (χ4n) is 2.22. The summed E-state index contributed by atoms with van der Waals surface area (Å²) in [7, 11) is 0. The van der Waals surface area contributed by atoms with Crippen LogP contribution in [0.3, 0.4) is 0 Å². The molecular formula is C18H19ClFNO6. The maximum absolute atomic E-state index is 12.8. The third-order valence-corrected chi connectivity index (χ3v) is 3.58. The Balaban J connectivity index is 0.00000364. The van der Waals surface area contributed by atoms with Gasteiger partial charge in [0.25, 0.3) is 0 Å². The number of phenols is 2. The van der Waals surface area contributed by atoms with Gasteiger partial charge in [-0.2, -0.15) is 0 Å². The number of phenolic OH excluding ortho intramolecular Hbond substituents is 2. The molecule has 0 aromatic heterocycles.